The Balaban J connectivity index is 1.34. The lowest BCUT2D eigenvalue weighted by atomic mass is 9.56. The molecule has 3 nitrogen and oxygen atoms in total. The second-order valence-electron chi connectivity index (χ2n) is 12.2. The summed E-state index contributed by atoms with van der Waals surface area (Å²) in [6, 6.07) is 0.530. The first-order valence-electron chi connectivity index (χ1n) is 12.8. The number of rotatable bonds is 0. The number of fused-ring (bicyclic) bond motifs is 6. The summed E-state index contributed by atoms with van der Waals surface area (Å²) in [5.41, 5.74) is 5.25. The molecule has 166 valence electrons. The molecule has 2 N–H and O–H groups in total. The average Bonchev–Trinajstić information content (AvgIpc) is 3.23. The third kappa shape index (κ3) is 2.55. The molecule has 6 rings (SSSR count). The molecule has 2 heterocycles. The Bertz CT molecular complexity index is 801. The van der Waals surface area contributed by atoms with E-state index in [1.54, 1.807) is 16.7 Å². The molecule has 0 radical (unpaired) electrons. The van der Waals surface area contributed by atoms with Crippen LogP contribution in [0.25, 0.3) is 0 Å². The van der Waals surface area contributed by atoms with Crippen LogP contribution >= 0.6 is 0 Å². The van der Waals surface area contributed by atoms with Crippen LogP contribution < -0.4 is 5.32 Å². The van der Waals surface area contributed by atoms with Crippen LogP contribution in [-0.4, -0.2) is 35.5 Å². The lowest BCUT2D eigenvalue weighted by molar-refractivity contribution is -0.0549. The van der Waals surface area contributed by atoms with Crippen molar-refractivity contribution in [1.29, 1.82) is 0 Å². The van der Waals surface area contributed by atoms with Gasteiger partial charge in [-0.25, -0.2) is 0 Å². The number of hydrogen-bond donors (Lipinski definition) is 2. The van der Waals surface area contributed by atoms with Gasteiger partial charge in [0.05, 0.1) is 17.8 Å². The van der Waals surface area contributed by atoms with Gasteiger partial charge in [-0.15, -0.1) is 0 Å². The van der Waals surface area contributed by atoms with Gasteiger partial charge in [0, 0.05) is 12.0 Å². The number of nitrogens with one attached hydrogen (secondary N) is 1. The molecule has 2 saturated carbocycles. The first kappa shape index (κ1) is 20.0. The normalized spacial score (nSPS) is 55.0. The van der Waals surface area contributed by atoms with Gasteiger partial charge in [-0.3, -0.25) is 0 Å². The molecule has 10 atom stereocenters. The standard InChI is InChI=1S/C27H41NO2/c1-15-11-24-25(28-14-15)17(3)27(30-24)10-8-20-21-6-5-18-12-19(29)7-9-26(18,4)23(21)13-22(20)16(27)2/h5,15,17,19-21,23-25,28-29H,6-14H2,1-4H3/t15-,17+,19?,20?,21?,23?,24-,25-,26?,27-/m0/s1. The highest BCUT2D eigenvalue weighted by molar-refractivity contribution is 5.38. The van der Waals surface area contributed by atoms with Crippen LogP contribution in [0.3, 0.4) is 0 Å². The van der Waals surface area contributed by atoms with Crippen molar-refractivity contribution < 1.29 is 9.84 Å². The highest BCUT2D eigenvalue weighted by Crippen LogP contribution is 2.65. The van der Waals surface area contributed by atoms with Gasteiger partial charge >= 0.3 is 0 Å². The number of ether oxygens (including phenoxy) is 1. The minimum absolute atomic E-state index is 0.0222. The largest absolute Gasteiger partial charge is 0.393 e. The smallest absolute Gasteiger partial charge is 0.0937 e. The molecule has 4 aliphatic carbocycles. The number of allylic oxidation sites excluding steroid dienone is 2. The van der Waals surface area contributed by atoms with E-state index in [-0.39, 0.29) is 11.7 Å². The average molecular weight is 412 g/mol. The Kier molecular flexibility index (Phi) is 4.46. The molecular weight excluding hydrogens is 370 g/mol. The monoisotopic (exact) mass is 411 g/mol. The Morgan fingerprint density at radius 1 is 1.17 bits per heavy atom. The molecule has 2 saturated heterocycles. The van der Waals surface area contributed by atoms with Gasteiger partial charge in [0.1, 0.15) is 0 Å². The van der Waals surface area contributed by atoms with Crippen molar-refractivity contribution in [3.8, 4) is 0 Å². The van der Waals surface area contributed by atoms with Crippen molar-refractivity contribution in [1.82, 2.24) is 5.32 Å². The van der Waals surface area contributed by atoms with E-state index in [1.165, 1.54) is 38.5 Å². The zero-order valence-corrected chi connectivity index (χ0v) is 19.4. The van der Waals surface area contributed by atoms with Gasteiger partial charge in [0.25, 0.3) is 0 Å². The summed E-state index contributed by atoms with van der Waals surface area (Å²) in [4.78, 5) is 0. The van der Waals surface area contributed by atoms with Crippen LogP contribution in [0.4, 0.5) is 0 Å². The minimum atomic E-state index is -0.111. The summed E-state index contributed by atoms with van der Waals surface area (Å²) in [6.45, 7) is 10.9. The van der Waals surface area contributed by atoms with Crippen LogP contribution in [0.2, 0.25) is 0 Å². The van der Waals surface area contributed by atoms with Crippen molar-refractivity contribution in [2.75, 3.05) is 6.54 Å². The molecule has 3 heteroatoms. The Morgan fingerprint density at radius 3 is 2.83 bits per heavy atom. The second kappa shape index (κ2) is 6.68. The first-order chi connectivity index (χ1) is 14.3. The Morgan fingerprint density at radius 2 is 2.00 bits per heavy atom. The lowest BCUT2D eigenvalue weighted by Crippen LogP contribution is -2.49. The summed E-state index contributed by atoms with van der Waals surface area (Å²) in [5, 5.41) is 14.1. The highest BCUT2D eigenvalue weighted by atomic mass is 16.5. The highest BCUT2D eigenvalue weighted by Gasteiger charge is 2.60. The summed E-state index contributed by atoms with van der Waals surface area (Å²) in [7, 11) is 0. The molecule has 0 bridgehead atoms. The zero-order valence-electron chi connectivity index (χ0n) is 19.4. The maximum Gasteiger partial charge on any atom is 0.0937 e. The molecule has 6 aliphatic rings. The molecule has 0 aromatic heterocycles. The quantitative estimate of drug-likeness (QED) is 0.551. The van der Waals surface area contributed by atoms with Crippen molar-refractivity contribution in [3.05, 3.63) is 22.8 Å². The van der Waals surface area contributed by atoms with Crippen LogP contribution in [0.5, 0.6) is 0 Å². The minimum Gasteiger partial charge on any atom is -0.393 e. The Hall–Kier alpha value is -0.640. The van der Waals surface area contributed by atoms with E-state index in [9.17, 15) is 5.11 Å². The molecule has 30 heavy (non-hydrogen) atoms. The van der Waals surface area contributed by atoms with Crippen LogP contribution in [0.1, 0.15) is 79.1 Å². The maximum atomic E-state index is 10.3. The van der Waals surface area contributed by atoms with Crippen LogP contribution in [-0.2, 0) is 4.74 Å². The topological polar surface area (TPSA) is 41.5 Å². The van der Waals surface area contributed by atoms with Crippen molar-refractivity contribution in [2.24, 2.45) is 35.0 Å². The van der Waals surface area contributed by atoms with E-state index in [1.807, 2.05) is 0 Å². The fourth-order valence-electron chi connectivity index (χ4n) is 9.09. The van der Waals surface area contributed by atoms with Gasteiger partial charge < -0.3 is 15.2 Å². The van der Waals surface area contributed by atoms with Gasteiger partial charge in [-0.1, -0.05) is 38.0 Å². The van der Waals surface area contributed by atoms with E-state index in [4.69, 9.17) is 4.74 Å². The van der Waals surface area contributed by atoms with Crippen molar-refractivity contribution >= 4 is 0 Å². The van der Waals surface area contributed by atoms with Crippen LogP contribution in [0, 0.1) is 35.0 Å². The third-order valence-electron chi connectivity index (χ3n) is 10.9. The lowest BCUT2D eigenvalue weighted by Gasteiger charge is -2.49. The van der Waals surface area contributed by atoms with Gasteiger partial charge in [-0.2, -0.15) is 0 Å². The molecular formula is C27H41NO2. The summed E-state index contributed by atoms with van der Waals surface area (Å²) in [5.74, 6) is 3.64. The van der Waals surface area contributed by atoms with Gasteiger partial charge in [0.2, 0.25) is 0 Å². The van der Waals surface area contributed by atoms with Gasteiger partial charge in [-0.05, 0) is 99.5 Å². The number of aliphatic hydroxyl groups is 1. The zero-order chi connectivity index (χ0) is 20.8. The molecule has 2 aliphatic heterocycles. The van der Waals surface area contributed by atoms with E-state index in [0.29, 0.717) is 23.5 Å². The molecule has 0 aromatic carbocycles. The second-order valence-corrected chi connectivity index (χ2v) is 12.2. The van der Waals surface area contributed by atoms with E-state index >= 15 is 0 Å². The van der Waals surface area contributed by atoms with Crippen LogP contribution in [0.15, 0.2) is 22.8 Å². The Labute approximate surface area is 182 Å². The predicted octanol–water partition coefficient (Wildman–Crippen LogP) is 5.00. The fourth-order valence-corrected chi connectivity index (χ4v) is 9.09. The fraction of sp³-hybridized carbons (Fsp3) is 0.852. The molecule has 0 aromatic rings. The van der Waals surface area contributed by atoms with E-state index < -0.39 is 0 Å². The summed E-state index contributed by atoms with van der Waals surface area (Å²) < 4.78 is 7.03. The first-order valence-corrected chi connectivity index (χ1v) is 12.8. The number of aliphatic hydroxyl groups excluding tert-OH is 1. The third-order valence-corrected chi connectivity index (χ3v) is 10.9. The maximum absolute atomic E-state index is 10.3. The van der Waals surface area contributed by atoms with Crippen molar-refractivity contribution in [2.45, 2.75) is 103 Å². The summed E-state index contributed by atoms with van der Waals surface area (Å²) in [6.07, 6.45) is 12.2. The SMILES string of the molecule is CC1=C2CC3C(CC=C4CC(O)CCC43C)C2CC[C@]12O[C@H]1C[C@H](C)CN[C@H]1[C@H]2C. The van der Waals surface area contributed by atoms with E-state index in [0.717, 1.165) is 43.1 Å². The van der Waals surface area contributed by atoms with Crippen molar-refractivity contribution in [3.63, 3.8) is 0 Å². The van der Waals surface area contributed by atoms with Gasteiger partial charge in [0.15, 0.2) is 0 Å². The molecule has 4 fully saturated rings. The molecule has 5 unspecified atom stereocenters. The summed E-state index contributed by atoms with van der Waals surface area (Å²) >= 11 is 0. The number of hydrogen-bond acceptors (Lipinski definition) is 3. The molecule has 1 spiro atoms. The predicted molar refractivity (Wildman–Crippen MR) is 120 cm³/mol. The van der Waals surface area contributed by atoms with E-state index in [2.05, 4.69) is 39.1 Å². The number of piperidine rings is 1. The molecule has 0 amide bonds.